The molecular weight excluding hydrogens is 401 g/mol. The summed E-state index contributed by atoms with van der Waals surface area (Å²) >= 11 is 2.11. The van der Waals surface area contributed by atoms with E-state index in [0.717, 1.165) is 14.8 Å². The summed E-state index contributed by atoms with van der Waals surface area (Å²) in [6.07, 6.45) is 0. The zero-order chi connectivity index (χ0) is 16.1. The molecule has 0 aliphatic rings. The van der Waals surface area contributed by atoms with Gasteiger partial charge in [-0.2, -0.15) is 0 Å². The molecule has 0 saturated carbocycles. The Hall–Kier alpha value is -2.22. The van der Waals surface area contributed by atoms with Crippen LogP contribution < -0.4 is 5.32 Å². The van der Waals surface area contributed by atoms with Crippen molar-refractivity contribution in [3.63, 3.8) is 0 Å². The van der Waals surface area contributed by atoms with Crippen LogP contribution in [-0.4, -0.2) is 20.9 Å². The summed E-state index contributed by atoms with van der Waals surface area (Å²) in [5.41, 5.74) is 2.52. The molecule has 5 nitrogen and oxygen atoms in total. The van der Waals surface area contributed by atoms with E-state index < -0.39 is 0 Å². The summed E-state index contributed by atoms with van der Waals surface area (Å²) in [6.45, 7) is 1.07. The fourth-order valence-electron chi connectivity index (χ4n) is 2.16. The number of rotatable bonds is 5. The maximum absolute atomic E-state index is 12.3. The predicted octanol–water partition coefficient (Wildman–Crippen LogP) is 2.86. The zero-order valence-corrected chi connectivity index (χ0v) is 14.5. The molecule has 0 bridgehead atoms. The summed E-state index contributed by atoms with van der Waals surface area (Å²) in [5.74, 6) is -0.211. The third-order valence-electron chi connectivity index (χ3n) is 3.36. The zero-order valence-electron chi connectivity index (χ0n) is 12.3. The summed E-state index contributed by atoms with van der Waals surface area (Å²) in [7, 11) is 0. The Morgan fingerprint density at radius 2 is 1.61 bits per heavy atom. The molecule has 116 valence electrons. The number of halogens is 1. The lowest BCUT2D eigenvalue weighted by Crippen LogP contribution is -2.24. The normalized spacial score (nSPS) is 10.5. The molecule has 0 unspecified atom stereocenters. The van der Waals surface area contributed by atoms with E-state index in [1.54, 1.807) is 4.68 Å². The molecule has 1 N–H and O–H groups in total. The first-order valence-corrected chi connectivity index (χ1v) is 8.27. The van der Waals surface area contributed by atoms with Gasteiger partial charge in [-0.05, 0) is 33.7 Å². The summed E-state index contributed by atoms with van der Waals surface area (Å²) in [4.78, 5) is 12.3. The second kappa shape index (κ2) is 7.36. The van der Waals surface area contributed by atoms with Crippen molar-refractivity contribution in [3.8, 4) is 0 Å². The minimum atomic E-state index is -0.211. The molecular formula is C17H15IN4O. The maximum atomic E-state index is 12.3. The van der Waals surface area contributed by atoms with E-state index in [0.29, 0.717) is 18.8 Å². The van der Waals surface area contributed by atoms with Crippen molar-refractivity contribution in [3.05, 3.63) is 81.2 Å². The minimum absolute atomic E-state index is 0.211. The number of benzene rings is 2. The van der Waals surface area contributed by atoms with Crippen LogP contribution in [0.4, 0.5) is 0 Å². The maximum Gasteiger partial charge on any atom is 0.274 e. The smallest absolute Gasteiger partial charge is 0.274 e. The number of aromatic nitrogens is 3. The van der Waals surface area contributed by atoms with E-state index in [4.69, 9.17) is 0 Å². The van der Waals surface area contributed by atoms with Gasteiger partial charge < -0.3 is 5.32 Å². The molecule has 1 aromatic heterocycles. The number of carbonyl (C=O) groups excluding carboxylic acids is 1. The standard InChI is InChI=1S/C17H15IN4O/c18-16-15(17(23)19-11-13-7-3-1-4-8-13)20-21-22(16)12-14-9-5-2-6-10-14/h1-10H,11-12H2,(H,19,23)/i18-2. The van der Waals surface area contributed by atoms with Gasteiger partial charge in [-0.1, -0.05) is 65.9 Å². The van der Waals surface area contributed by atoms with Crippen LogP contribution >= 0.6 is 22.6 Å². The quantitative estimate of drug-likeness (QED) is 0.651. The first-order chi connectivity index (χ1) is 11.2. The van der Waals surface area contributed by atoms with Crippen LogP contribution in [0.15, 0.2) is 60.7 Å². The highest BCUT2D eigenvalue weighted by molar-refractivity contribution is 14.1. The van der Waals surface area contributed by atoms with E-state index in [1.165, 1.54) is 0 Å². The minimum Gasteiger partial charge on any atom is -0.346 e. The molecule has 1 heterocycles. The van der Waals surface area contributed by atoms with E-state index in [-0.39, 0.29) is 5.91 Å². The Kier molecular flexibility index (Phi) is 5.02. The fraction of sp³-hybridized carbons (Fsp3) is 0.118. The van der Waals surface area contributed by atoms with Gasteiger partial charge in [0, 0.05) is 6.54 Å². The molecule has 0 aliphatic carbocycles. The Labute approximate surface area is 147 Å². The molecule has 0 atom stereocenters. The lowest BCUT2D eigenvalue weighted by Gasteiger charge is -2.04. The van der Waals surface area contributed by atoms with Gasteiger partial charge in [0.15, 0.2) is 5.69 Å². The first kappa shape index (κ1) is 15.7. The molecule has 1 amide bonds. The van der Waals surface area contributed by atoms with Crippen molar-refractivity contribution in [1.82, 2.24) is 20.3 Å². The van der Waals surface area contributed by atoms with E-state index in [2.05, 4.69) is 38.2 Å². The Balaban J connectivity index is 1.67. The van der Waals surface area contributed by atoms with Gasteiger partial charge in [-0.15, -0.1) is 5.10 Å². The Morgan fingerprint density at radius 3 is 2.26 bits per heavy atom. The van der Waals surface area contributed by atoms with Gasteiger partial charge in [0.05, 0.1) is 6.54 Å². The third-order valence-corrected chi connectivity index (χ3v) is 4.43. The van der Waals surface area contributed by atoms with Gasteiger partial charge in [-0.25, -0.2) is 4.68 Å². The van der Waals surface area contributed by atoms with Crippen LogP contribution in [0, 0.1) is 3.70 Å². The molecule has 0 spiro atoms. The van der Waals surface area contributed by atoms with Crippen LogP contribution in [0.25, 0.3) is 0 Å². The first-order valence-electron chi connectivity index (χ1n) is 7.19. The number of nitrogens with zero attached hydrogens (tertiary/aromatic N) is 3. The summed E-state index contributed by atoms with van der Waals surface area (Å²) in [5, 5.41) is 11.0. The number of nitrogens with one attached hydrogen (secondary N) is 1. The number of hydrogen-bond acceptors (Lipinski definition) is 3. The van der Waals surface area contributed by atoms with Gasteiger partial charge in [-0.3, -0.25) is 4.79 Å². The van der Waals surface area contributed by atoms with Crippen molar-refractivity contribution < 1.29 is 4.79 Å². The van der Waals surface area contributed by atoms with Crippen molar-refractivity contribution in [2.75, 3.05) is 0 Å². The number of amides is 1. The molecule has 23 heavy (non-hydrogen) atoms. The van der Waals surface area contributed by atoms with Gasteiger partial charge >= 0.3 is 0 Å². The van der Waals surface area contributed by atoms with Crippen LogP contribution in [0.3, 0.4) is 0 Å². The lowest BCUT2D eigenvalue weighted by atomic mass is 10.2. The van der Waals surface area contributed by atoms with Crippen LogP contribution in [0.5, 0.6) is 0 Å². The lowest BCUT2D eigenvalue weighted by molar-refractivity contribution is 0.0945. The largest absolute Gasteiger partial charge is 0.346 e. The summed E-state index contributed by atoms with van der Waals surface area (Å²) < 4.78 is 2.46. The molecule has 3 aromatic rings. The van der Waals surface area contributed by atoms with Crippen LogP contribution in [0.1, 0.15) is 21.6 Å². The van der Waals surface area contributed by atoms with E-state index >= 15 is 0 Å². The van der Waals surface area contributed by atoms with Crippen molar-refractivity contribution >= 4 is 28.5 Å². The highest BCUT2D eigenvalue weighted by Gasteiger charge is 2.17. The molecule has 0 fully saturated rings. The van der Waals surface area contributed by atoms with Crippen molar-refractivity contribution in [1.29, 1.82) is 0 Å². The fourth-order valence-corrected chi connectivity index (χ4v) is 2.78. The number of hydrogen-bond donors (Lipinski definition) is 1. The Bertz CT molecular complexity index is 787. The van der Waals surface area contributed by atoms with Gasteiger partial charge in [0.25, 0.3) is 5.91 Å². The third kappa shape index (κ3) is 3.95. The average molecular weight is 416 g/mol. The molecule has 2 aromatic carbocycles. The van der Waals surface area contributed by atoms with Crippen LogP contribution in [0.2, 0.25) is 0 Å². The predicted molar refractivity (Wildman–Crippen MR) is 95.9 cm³/mol. The molecule has 3 rings (SSSR count). The second-order valence-electron chi connectivity index (χ2n) is 5.04. The summed E-state index contributed by atoms with van der Waals surface area (Å²) in [6, 6.07) is 19.7. The molecule has 0 saturated heterocycles. The number of carbonyl (C=O) groups is 1. The molecule has 0 radical (unpaired) electrons. The van der Waals surface area contributed by atoms with E-state index in [9.17, 15) is 4.79 Å². The topological polar surface area (TPSA) is 59.8 Å². The van der Waals surface area contributed by atoms with Crippen molar-refractivity contribution in [2.45, 2.75) is 13.1 Å². The highest BCUT2D eigenvalue weighted by atomic mass is 125. The van der Waals surface area contributed by atoms with Crippen molar-refractivity contribution in [2.24, 2.45) is 0 Å². The highest BCUT2D eigenvalue weighted by Crippen LogP contribution is 2.12. The molecule has 0 aliphatic heterocycles. The SMILES string of the molecule is O=C(NCc1ccccc1)c1nnn(Cc2ccccc2)c1[125I]. The van der Waals surface area contributed by atoms with E-state index in [1.807, 2.05) is 60.7 Å². The molecule has 6 heteroatoms. The van der Waals surface area contributed by atoms with Gasteiger partial charge in [0.1, 0.15) is 3.70 Å². The van der Waals surface area contributed by atoms with Gasteiger partial charge in [0.2, 0.25) is 0 Å². The monoisotopic (exact) mass is 416 g/mol. The average Bonchev–Trinajstić information content (AvgIpc) is 2.95. The Morgan fingerprint density at radius 1 is 1.00 bits per heavy atom. The second-order valence-corrected chi connectivity index (χ2v) is 6.06. The van der Waals surface area contributed by atoms with Crippen LogP contribution in [-0.2, 0) is 13.1 Å².